The molecule has 68 valence electrons. The molecule has 1 nitrogen and oxygen atoms in total. The van der Waals surface area contributed by atoms with E-state index in [1.54, 1.807) is 18.3 Å². The average molecular weight is 210 g/mol. The summed E-state index contributed by atoms with van der Waals surface area (Å²) in [7, 11) is 0. The highest BCUT2D eigenvalue weighted by molar-refractivity contribution is 8.13. The van der Waals surface area contributed by atoms with E-state index in [1.165, 1.54) is 16.6 Å². The highest BCUT2D eigenvalue weighted by atomic mass is 32.2. The molecule has 0 N–H and O–H groups in total. The first kappa shape index (κ1) is 10.4. The monoisotopic (exact) mass is 210 g/mol. The Morgan fingerprint density at radius 2 is 2.38 bits per heavy atom. The van der Waals surface area contributed by atoms with E-state index in [0.717, 1.165) is 4.88 Å². The second-order valence-electron chi connectivity index (χ2n) is 2.49. The SMILES string of the molecule is CC(=O)SCC#Cc1ccc(C)s1. The molecule has 0 aliphatic heterocycles. The molecule has 0 bridgehead atoms. The Morgan fingerprint density at radius 3 is 2.92 bits per heavy atom. The molecule has 0 saturated carbocycles. The Hall–Kier alpha value is -0.720. The smallest absolute Gasteiger partial charge is 0.186 e. The standard InChI is InChI=1S/C10H10OS2/c1-8-5-6-10(13-8)4-3-7-12-9(2)11/h5-6H,7H2,1-2H3. The minimum atomic E-state index is 0.122. The Bertz CT molecular complexity index is 354. The van der Waals surface area contributed by atoms with Gasteiger partial charge in [0.2, 0.25) is 0 Å². The topological polar surface area (TPSA) is 17.1 Å². The van der Waals surface area contributed by atoms with Crippen molar-refractivity contribution in [3.63, 3.8) is 0 Å². The Kier molecular flexibility index (Phi) is 4.07. The van der Waals surface area contributed by atoms with Crippen LogP contribution in [0.1, 0.15) is 16.7 Å². The Balaban J connectivity index is 2.44. The number of carbonyl (C=O) groups excluding carboxylic acids is 1. The summed E-state index contributed by atoms with van der Waals surface area (Å²) >= 11 is 2.93. The van der Waals surface area contributed by atoms with Crippen molar-refractivity contribution in [3.8, 4) is 11.8 Å². The van der Waals surface area contributed by atoms with Crippen molar-refractivity contribution in [2.24, 2.45) is 0 Å². The third-order valence-corrected chi connectivity index (χ3v) is 2.91. The maximum absolute atomic E-state index is 10.6. The zero-order valence-electron chi connectivity index (χ0n) is 7.59. The largest absolute Gasteiger partial charge is 0.288 e. The van der Waals surface area contributed by atoms with Gasteiger partial charge in [0.25, 0.3) is 0 Å². The third-order valence-electron chi connectivity index (χ3n) is 1.30. The normalized spacial score (nSPS) is 9.08. The zero-order chi connectivity index (χ0) is 9.68. The minimum absolute atomic E-state index is 0.122. The molecule has 0 aliphatic carbocycles. The van der Waals surface area contributed by atoms with Crippen molar-refractivity contribution in [1.29, 1.82) is 0 Å². The van der Waals surface area contributed by atoms with Gasteiger partial charge < -0.3 is 0 Å². The van der Waals surface area contributed by atoms with Gasteiger partial charge in [-0.05, 0) is 19.1 Å². The van der Waals surface area contributed by atoms with Gasteiger partial charge in [-0.1, -0.05) is 23.6 Å². The predicted octanol–water partition coefficient (Wildman–Crippen LogP) is 2.69. The van der Waals surface area contributed by atoms with Crippen LogP contribution >= 0.6 is 23.1 Å². The number of thioether (sulfide) groups is 1. The van der Waals surface area contributed by atoms with E-state index in [9.17, 15) is 4.79 Å². The maximum atomic E-state index is 10.6. The van der Waals surface area contributed by atoms with E-state index < -0.39 is 0 Å². The molecule has 0 unspecified atom stereocenters. The van der Waals surface area contributed by atoms with Gasteiger partial charge in [0.1, 0.15) is 0 Å². The number of carbonyl (C=O) groups is 1. The molecule has 0 aromatic carbocycles. The number of rotatable bonds is 1. The quantitative estimate of drug-likeness (QED) is 0.663. The predicted molar refractivity (Wildman–Crippen MR) is 59.1 cm³/mol. The zero-order valence-corrected chi connectivity index (χ0v) is 9.22. The van der Waals surface area contributed by atoms with Crippen LogP contribution in [-0.4, -0.2) is 10.9 Å². The number of aryl methyl sites for hydroxylation is 1. The molecule has 1 aromatic heterocycles. The molecule has 0 atom stereocenters. The van der Waals surface area contributed by atoms with E-state index in [0.29, 0.717) is 5.75 Å². The fraction of sp³-hybridized carbons (Fsp3) is 0.300. The van der Waals surface area contributed by atoms with Gasteiger partial charge in [-0.2, -0.15) is 0 Å². The molecule has 0 amide bonds. The van der Waals surface area contributed by atoms with E-state index in [2.05, 4.69) is 18.8 Å². The summed E-state index contributed by atoms with van der Waals surface area (Å²) in [6.45, 7) is 3.61. The molecule has 0 spiro atoms. The van der Waals surface area contributed by atoms with Gasteiger partial charge in [0.15, 0.2) is 5.12 Å². The maximum Gasteiger partial charge on any atom is 0.186 e. The van der Waals surface area contributed by atoms with Crippen LogP contribution in [-0.2, 0) is 4.79 Å². The number of hydrogen-bond acceptors (Lipinski definition) is 3. The summed E-state index contributed by atoms with van der Waals surface area (Å²) in [5, 5.41) is 0.122. The summed E-state index contributed by atoms with van der Waals surface area (Å²) in [5.41, 5.74) is 0. The molecular weight excluding hydrogens is 200 g/mol. The summed E-state index contributed by atoms with van der Waals surface area (Å²) < 4.78 is 0. The third kappa shape index (κ3) is 4.16. The van der Waals surface area contributed by atoms with Crippen molar-refractivity contribution >= 4 is 28.2 Å². The lowest BCUT2D eigenvalue weighted by molar-refractivity contribution is -0.109. The highest BCUT2D eigenvalue weighted by Gasteiger charge is 1.91. The lowest BCUT2D eigenvalue weighted by atomic mass is 10.4. The van der Waals surface area contributed by atoms with Crippen LogP contribution in [0.3, 0.4) is 0 Å². The van der Waals surface area contributed by atoms with Crippen LogP contribution in [0, 0.1) is 18.8 Å². The first-order chi connectivity index (χ1) is 6.18. The fourth-order valence-corrected chi connectivity index (χ4v) is 1.85. The van der Waals surface area contributed by atoms with Crippen molar-refractivity contribution in [1.82, 2.24) is 0 Å². The lowest BCUT2D eigenvalue weighted by Crippen LogP contribution is -1.81. The van der Waals surface area contributed by atoms with E-state index in [-0.39, 0.29) is 5.12 Å². The van der Waals surface area contributed by atoms with Crippen LogP contribution in [0.2, 0.25) is 0 Å². The molecule has 1 aromatic rings. The fourth-order valence-electron chi connectivity index (χ4n) is 0.763. The van der Waals surface area contributed by atoms with Gasteiger partial charge in [-0.25, -0.2) is 0 Å². The molecule has 1 rings (SSSR count). The van der Waals surface area contributed by atoms with E-state index >= 15 is 0 Å². The van der Waals surface area contributed by atoms with Crippen LogP contribution in [0.4, 0.5) is 0 Å². The van der Waals surface area contributed by atoms with Crippen molar-refractivity contribution < 1.29 is 4.79 Å². The van der Waals surface area contributed by atoms with Crippen LogP contribution in [0.5, 0.6) is 0 Å². The molecule has 0 saturated heterocycles. The molecule has 1 heterocycles. The second kappa shape index (κ2) is 5.11. The molecule has 0 fully saturated rings. The van der Waals surface area contributed by atoms with Crippen molar-refractivity contribution in [2.75, 3.05) is 5.75 Å². The van der Waals surface area contributed by atoms with E-state index in [4.69, 9.17) is 0 Å². The molecule has 0 aliphatic rings. The van der Waals surface area contributed by atoms with E-state index in [1.807, 2.05) is 12.1 Å². The molecular formula is C10H10OS2. The van der Waals surface area contributed by atoms with Gasteiger partial charge in [0.05, 0.1) is 10.6 Å². The lowest BCUT2D eigenvalue weighted by Gasteiger charge is -1.83. The second-order valence-corrected chi connectivity index (χ2v) is 4.93. The van der Waals surface area contributed by atoms with Gasteiger partial charge in [-0.3, -0.25) is 4.79 Å². The van der Waals surface area contributed by atoms with Crippen LogP contribution < -0.4 is 0 Å². The Labute approximate surface area is 86.5 Å². The minimum Gasteiger partial charge on any atom is -0.288 e. The average Bonchev–Trinajstić information content (AvgIpc) is 2.45. The van der Waals surface area contributed by atoms with Gasteiger partial charge in [-0.15, -0.1) is 11.3 Å². The summed E-state index contributed by atoms with van der Waals surface area (Å²) in [4.78, 5) is 12.9. The first-order valence-electron chi connectivity index (χ1n) is 3.87. The van der Waals surface area contributed by atoms with Crippen molar-refractivity contribution in [2.45, 2.75) is 13.8 Å². The van der Waals surface area contributed by atoms with Crippen LogP contribution in [0.15, 0.2) is 12.1 Å². The van der Waals surface area contributed by atoms with Crippen LogP contribution in [0.25, 0.3) is 0 Å². The number of hydrogen-bond donors (Lipinski definition) is 0. The van der Waals surface area contributed by atoms with Gasteiger partial charge in [0, 0.05) is 11.8 Å². The number of thiophene rings is 1. The summed E-state index contributed by atoms with van der Waals surface area (Å²) in [6.07, 6.45) is 0. The highest BCUT2D eigenvalue weighted by Crippen LogP contribution is 2.13. The van der Waals surface area contributed by atoms with Gasteiger partial charge >= 0.3 is 0 Å². The first-order valence-corrected chi connectivity index (χ1v) is 5.67. The molecule has 3 heteroatoms. The molecule has 0 radical (unpaired) electrons. The van der Waals surface area contributed by atoms with Crippen molar-refractivity contribution in [3.05, 3.63) is 21.9 Å². The summed E-state index contributed by atoms with van der Waals surface area (Å²) in [6, 6.07) is 4.05. The molecule has 13 heavy (non-hydrogen) atoms. The Morgan fingerprint density at radius 1 is 1.62 bits per heavy atom. The summed E-state index contributed by atoms with van der Waals surface area (Å²) in [5.74, 6) is 6.55.